The first-order chi connectivity index (χ1) is 9.72. The molecule has 3 rings (SSSR count). The lowest BCUT2D eigenvalue weighted by molar-refractivity contribution is -0.115. The second-order valence-corrected chi connectivity index (χ2v) is 6.46. The number of carbonyl (C=O) groups excluding carboxylic acids is 1. The lowest BCUT2D eigenvalue weighted by Crippen LogP contribution is -2.33. The normalized spacial score (nSPS) is 18.3. The molecule has 0 spiro atoms. The number of amides is 1. The Kier molecular flexibility index (Phi) is 4.27. The zero-order valence-electron chi connectivity index (χ0n) is 11.6. The van der Waals surface area contributed by atoms with Gasteiger partial charge < -0.3 is 10.6 Å². The number of hydrogen-bond acceptors (Lipinski definition) is 2. The first-order valence-electron chi connectivity index (χ1n) is 7.48. The summed E-state index contributed by atoms with van der Waals surface area (Å²) >= 11 is 5.89. The predicted octanol–water partition coefficient (Wildman–Crippen LogP) is 3.30. The number of benzene rings is 1. The van der Waals surface area contributed by atoms with E-state index in [1.165, 1.54) is 25.7 Å². The molecule has 1 amide bonds. The monoisotopic (exact) mass is 292 g/mol. The summed E-state index contributed by atoms with van der Waals surface area (Å²) in [5, 5.41) is 6.82. The molecule has 3 nitrogen and oxygen atoms in total. The smallest absolute Gasteiger partial charge is 0.238 e. The van der Waals surface area contributed by atoms with Crippen molar-refractivity contribution in [3.63, 3.8) is 0 Å². The van der Waals surface area contributed by atoms with E-state index in [2.05, 4.69) is 10.6 Å². The molecule has 20 heavy (non-hydrogen) atoms. The Hall–Kier alpha value is -1.06. The number of nitrogens with one attached hydrogen (secondary N) is 2. The van der Waals surface area contributed by atoms with Gasteiger partial charge in [0.15, 0.2) is 0 Å². The molecule has 0 unspecified atom stereocenters. The molecule has 0 heterocycles. The molecule has 1 aromatic rings. The Labute approximate surface area is 125 Å². The van der Waals surface area contributed by atoms with Crippen LogP contribution in [0.25, 0.3) is 0 Å². The van der Waals surface area contributed by atoms with Crippen LogP contribution in [-0.4, -0.2) is 19.0 Å². The summed E-state index contributed by atoms with van der Waals surface area (Å²) < 4.78 is 0. The van der Waals surface area contributed by atoms with E-state index in [1.807, 2.05) is 12.1 Å². The molecule has 4 heteroatoms. The van der Waals surface area contributed by atoms with Crippen LogP contribution in [0, 0.1) is 17.8 Å². The molecule has 108 valence electrons. The van der Waals surface area contributed by atoms with Crippen molar-refractivity contribution in [2.75, 3.05) is 18.4 Å². The second-order valence-electron chi connectivity index (χ2n) is 6.03. The van der Waals surface area contributed by atoms with Gasteiger partial charge in [0.25, 0.3) is 0 Å². The maximum Gasteiger partial charge on any atom is 0.238 e. The highest BCUT2D eigenvalue weighted by Gasteiger charge is 2.40. The Morgan fingerprint density at radius 3 is 2.55 bits per heavy atom. The van der Waals surface area contributed by atoms with Crippen LogP contribution in [-0.2, 0) is 4.79 Å². The highest BCUT2D eigenvalue weighted by Crippen LogP contribution is 2.48. The van der Waals surface area contributed by atoms with Gasteiger partial charge in [-0.1, -0.05) is 17.7 Å². The third-order valence-corrected chi connectivity index (χ3v) is 4.46. The van der Waals surface area contributed by atoms with Gasteiger partial charge in [-0.2, -0.15) is 0 Å². The van der Waals surface area contributed by atoms with E-state index < -0.39 is 0 Å². The summed E-state index contributed by atoms with van der Waals surface area (Å²) in [6.45, 7) is 1.36. The average Bonchev–Trinajstić information content (AvgIpc) is 3.27. The van der Waals surface area contributed by atoms with Crippen LogP contribution in [0.4, 0.5) is 5.69 Å². The first kappa shape index (κ1) is 13.9. The largest absolute Gasteiger partial charge is 0.325 e. The Bertz CT molecular complexity index is 471. The molecule has 1 aromatic carbocycles. The third-order valence-electron chi connectivity index (χ3n) is 4.23. The number of anilines is 1. The first-order valence-corrected chi connectivity index (χ1v) is 7.86. The summed E-state index contributed by atoms with van der Waals surface area (Å²) in [5.74, 6) is 2.64. The lowest BCUT2D eigenvalue weighted by Gasteiger charge is -2.16. The van der Waals surface area contributed by atoms with Gasteiger partial charge in [-0.05, 0) is 68.2 Å². The average molecular weight is 293 g/mol. The summed E-state index contributed by atoms with van der Waals surface area (Å²) in [6.07, 6.45) is 5.55. The molecule has 0 atom stereocenters. The third kappa shape index (κ3) is 3.97. The van der Waals surface area contributed by atoms with Gasteiger partial charge in [-0.3, -0.25) is 4.79 Å². The molecule has 0 radical (unpaired) electrons. The van der Waals surface area contributed by atoms with E-state index in [0.717, 1.165) is 30.0 Å². The van der Waals surface area contributed by atoms with Crippen LogP contribution in [0.15, 0.2) is 24.3 Å². The number of halogens is 1. The number of carbonyl (C=O) groups is 1. The van der Waals surface area contributed by atoms with E-state index in [1.54, 1.807) is 12.1 Å². The Balaban J connectivity index is 1.40. The fraction of sp³-hybridized carbons (Fsp3) is 0.562. The quantitative estimate of drug-likeness (QED) is 0.809. The predicted molar refractivity (Wildman–Crippen MR) is 81.9 cm³/mol. The van der Waals surface area contributed by atoms with E-state index in [-0.39, 0.29) is 5.91 Å². The van der Waals surface area contributed by atoms with Crippen molar-refractivity contribution in [1.29, 1.82) is 0 Å². The van der Waals surface area contributed by atoms with Gasteiger partial charge in [-0.25, -0.2) is 0 Å². The van der Waals surface area contributed by atoms with E-state index in [4.69, 9.17) is 11.6 Å². The molecule has 0 bridgehead atoms. The highest BCUT2D eigenvalue weighted by molar-refractivity contribution is 6.30. The Morgan fingerprint density at radius 1 is 1.25 bits per heavy atom. The standard InChI is InChI=1S/C16H21ClN2O/c17-13-2-1-3-14(8-13)19-16(20)10-18-9-15(11-4-5-11)12-6-7-12/h1-3,8,11-12,15,18H,4-7,9-10H2,(H,19,20). The fourth-order valence-corrected chi connectivity index (χ4v) is 3.08. The second kappa shape index (κ2) is 6.15. The molecule has 2 fully saturated rings. The lowest BCUT2D eigenvalue weighted by atomic mass is 9.98. The van der Waals surface area contributed by atoms with Gasteiger partial charge in [0.05, 0.1) is 6.54 Å². The molecular formula is C16H21ClN2O. The van der Waals surface area contributed by atoms with Gasteiger partial charge in [0.1, 0.15) is 0 Å². The minimum Gasteiger partial charge on any atom is -0.325 e. The van der Waals surface area contributed by atoms with Crippen LogP contribution < -0.4 is 10.6 Å². The van der Waals surface area contributed by atoms with Crippen LogP contribution in [0.1, 0.15) is 25.7 Å². The van der Waals surface area contributed by atoms with Crippen molar-refractivity contribution in [1.82, 2.24) is 5.32 Å². The minimum atomic E-state index is -0.00221. The summed E-state index contributed by atoms with van der Waals surface area (Å²) in [6, 6.07) is 7.24. The molecule has 0 saturated heterocycles. The minimum absolute atomic E-state index is 0.00221. The van der Waals surface area contributed by atoms with Crippen molar-refractivity contribution in [2.24, 2.45) is 17.8 Å². The van der Waals surface area contributed by atoms with Crippen LogP contribution >= 0.6 is 11.6 Å². The molecule has 2 aliphatic carbocycles. The van der Waals surface area contributed by atoms with Crippen molar-refractivity contribution < 1.29 is 4.79 Å². The van der Waals surface area contributed by atoms with Crippen molar-refractivity contribution in [2.45, 2.75) is 25.7 Å². The molecular weight excluding hydrogens is 272 g/mol. The highest BCUT2D eigenvalue weighted by atomic mass is 35.5. The van der Waals surface area contributed by atoms with E-state index in [9.17, 15) is 4.79 Å². The van der Waals surface area contributed by atoms with E-state index >= 15 is 0 Å². The van der Waals surface area contributed by atoms with Crippen LogP contribution in [0.2, 0.25) is 5.02 Å². The maximum absolute atomic E-state index is 11.9. The topological polar surface area (TPSA) is 41.1 Å². The van der Waals surface area contributed by atoms with Crippen molar-refractivity contribution in [3.8, 4) is 0 Å². The summed E-state index contributed by atoms with van der Waals surface area (Å²) in [7, 11) is 0. The number of rotatable bonds is 7. The maximum atomic E-state index is 11.9. The molecule has 2 aliphatic rings. The fourth-order valence-electron chi connectivity index (χ4n) is 2.89. The van der Waals surface area contributed by atoms with Gasteiger partial charge in [0, 0.05) is 10.7 Å². The van der Waals surface area contributed by atoms with Crippen LogP contribution in [0.5, 0.6) is 0 Å². The van der Waals surface area contributed by atoms with E-state index in [0.29, 0.717) is 11.6 Å². The van der Waals surface area contributed by atoms with Gasteiger partial charge >= 0.3 is 0 Å². The van der Waals surface area contributed by atoms with Crippen molar-refractivity contribution >= 4 is 23.2 Å². The van der Waals surface area contributed by atoms with Gasteiger partial charge in [-0.15, -0.1) is 0 Å². The molecule has 0 aliphatic heterocycles. The summed E-state index contributed by atoms with van der Waals surface area (Å²) in [4.78, 5) is 11.9. The molecule has 2 N–H and O–H groups in total. The summed E-state index contributed by atoms with van der Waals surface area (Å²) in [5.41, 5.74) is 0.755. The van der Waals surface area contributed by atoms with Crippen molar-refractivity contribution in [3.05, 3.63) is 29.3 Å². The SMILES string of the molecule is O=C(CNCC(C1CC1)C1CC1)Nc1cccc(Cl)c1. The zero-order valence-corrected chi connectivity index (χ0v) is 12.3. The molecule has 0 aromatic heterocycles. The zero-order chi connectivity index (χ0) is 13.9. The molecule has 2 saturated carbocycles. The number of hydrogen-bond donors (Lipinski definition) is 2. The van der Waals surface area contributed by atoms with Crippen LogP contribution in [0.3, 0.4) is 0 Å². The van der Waals surface area contributed by atoms with Gasteiger partial charge in [0.2, 0.25) is 5.91 Å². The Morgan fingerprint density at radius 2 is 1.95 bits per heavy atom.